The Morgan fingerprint density at radius 1 is 1.08 bits per heavy atom. The predicted octanol–water partition coefficient (Wildman–Crippen LogP) is 2.87. The normalized spacial score (nSPS) is 18.0. The lowest BCUT2D eigenvalue weighted by Crippen LogP contribution is -2.41. The molecule has 0 radical (unpaired) electrons. The molecule has 2 aromatic rings. The molecule has 0 saturated carbocycles. The summed E-state index contributed by atoms with van der Waals surface area (Å²) in [6.07, 6.45) is 1.92. The second-order valence-corrected chi connectivity index (χ2v) is 7.65. The maximum absolute atomic E-state index is 12.4. The summed E-state index contributed by atoms with van der Waals surface area (Å²) in [5, 5.41) is 2.97. The molecule has 0 bridgehead atoms. The van der Waals surface area contributed by atoms with Gasteiger partial charge in [-0.2, -0.15) is 0 Å². The maximum Gasteiger partial charge on any atom is 0.495 e. The van der Waals surface area contributed by atoms with Gasteiger partial charge in [-0.05, 0) is 63.8 Å². The Labute approximate surface area is 155 Å². The van der Waals surface area contributed by atoms with Gasteiger partial charge in [0.25, 0.3) is 0 Å². The Kier molecular flexibility index (Phi) is 4.91. The Balaban J connectivity index is 1.77. The molecule has 0 spiro atoms. The lowest BCUT2D eigenvalue weighted by molar-refractivity contribution is -0.115. The summed E-state index contributed by atoms with van der Waals surface area (Å²) >= 11 is 0. The first-order chi connectivity index (χ1) is 12.2. The molecule has 1 amide bonds. The van der Waals surface area contributed by atoms with Crippen LogP contribution in [0, 0.1) is 6.92 Å². The number of carbonyl (C=O) groups excluding carboxylic acids is 1. The number of amides is 1. The summed E-state index contributed by atoms with van der Waals surface area (Å²) in [6.45, 7) is 10.1. The van der Waals surface area contributed by atoms with Gasteiger partial charge in [0.2, 0.25) is 5.91 Å². The van der Waals surface area contributed by atoms with E-state index in [1.807, 2.05) is 71.0 Å². The van der Waals surface area contributed by atoms with E-state index in [4.69, 9.17) is 9.31 Å². The van der Waals surface area contributed by atoms with Gasteiger partial charge in [-0.3, -0.25) is 9.78 Å². The van der Waals surface area contributed by atoms with Gasteiger partial charge in [0.15, 0.2) is 0 Å². The van der Waals surface area contributed by atoms with Crippen LogP contribution in [0.2, 0.25) is 0 Å². The van der Waals surface area contributed by atoms with Gasteiger partial charge in [0, 0.05) is 17.6 Å². The summed E-state index contributed by atoms with van der Waals surface area (Å²) in [5.41, 5.74) is 2.58. The summed E-state index contributed by atoms with van der Waals surface area (Å²) in [6, 6.07) is 11.3. The van der Waals surface area contributed by atoms with Crippen LogP contribution in [0.5, 0.6) is 0 Å². The number of nitrogens with one attached hydrogen (secondary N) is 1. The van der Waals surface area contributed by atoms with Gasteiger partial charge in [-0.15, -0.1) is 0 Å². The van der Waals surface area contributed by atoms with Crippen molar-refractivity contribution in [1.82, 2.24) is 4.98 Å². The van der Waals surface area contributed by atoms with Gasteiger partial charge in [0.1, 0.15) is 0 Å². The highest BCUT2D eigenvalue weighted by Gasteiger charge is 2.52. The van der Waals surface area contributed by atoms with Crippen LogP contribution in [0.4, 0.5) is 5.69 Å². The molecule has 5 nitrogen and oxygen atoms in total. The van der Waals surface area contributed by atoms with E-state index >= 15 is 0 Å². The van der Waals surface area contributed by atoms with Crippen molar-refractivity contribution >= 4 is 24.2 Å². The second kappa shape index (κ2) is 6.85. The van der Waals surface area contributed by atoms with Crippen LogP contribution < -0.4 is 10.8 Å². The fourth-order valence-corrected chi connectivity index (χ4v) is 2.88. The van der Waals surface area contributed by atoms with E-state index in [-0.39, 0.29) is 12.3 Å². The molecule has 6 heteroatoms. The standard InChI is InChI=1S/C20H25BN2O3/c1-14-16(21-25-19(2,3)20(4,5)26-21)10-8-11-17(14)23-18(24)13-15-9-6-7-12-22-15/h6-12H,13H2,1-5H3,(H,23,24). The molecule has 0 atom stereocenters. The van der Waals surface area contributed by atoms with Crippen molar-refractivity contribution in [2.24, 2.45) is 0 Å². The molecule has 1 aromatic heterocycles. The molecule has 0 aliphatic carbocycles. The number of benzene rings is 1. The van der Waals surface area contributed by atoms with Gasteiger partial charge in [0.05, 0.1) is 17.6 Å². The number of nitrogens with zero attached hydrogens (tertiary/aromatic N) is 1. The minimum atomic E-state index is -0.451. The van der Waals surface area contributed by atoms with Crippen molar-refractivity contribution in [3.05, 3.63) is 53.9 Å². The number of aromatic nitrogens is 1. The monoisotopic (exact) mass is 352 g/mol. The lowest BCUT2D eigenvalue weighted by atomic mass is 9.76. The summed E-state index contributed by atoms with van der Waals surface area (Å²) in [4.78, 5) is 16.6. The van der Waals surface area contributed by atoms with E-state index in [2.05, 4.69) is 10.3 Å². The molecule has 1 aliphatic heterocycles. The average molecular weight is 352 g/mol. The molecule has 1 fully saturated rings. The summed E-state index contributed by atoms with van der Waals surface area (Å²) in [7, 11) is -0.451. The first-order valence-electron chi connectivity index (χ1n) is 8.84. The van der Waals surface area contributed by atoms with Crippen molar-refractivity contribution in [1.29, 1.82) is 0 Å². The average Bonchev–Trinajstić information content (AvgIpc) is 2.78. The fraction of sp³-hybridized carbons (Fsp3) is 0.400. The van der Waals surface area contributed by atoms with Crippen molar-refractivity contribution in [3.63, 3.8) is 0 Å². The number of carbonyl (C=O) groups is 1. The number of hydrogen-bond acceptors (Lipinski definition) is 4. The van der Waals surface area contributed by atoms with Crippen LogP contribution in [0.15, 0.2) is 42.6 Å². The topological polar surface area (TPSA) is 60.5 Å². The van der Waals surface area contributed by atoms with Crippen LogP contribution >= 0.6 is 0 Å². The number of anilines is 1. The molecule has 26 heavy (non-hydrogen) atoms. The highest BCUT2D eigenvalue weighted by molar-refractivity contribution is 6.62. The van der Waals surface area contributed by atoms with Gasteiger partial charge >= 0.3 is 7.12 Å². The summed E-state index contributed by atoms with van der Waals surface area (Å²) in [5.74, 6) is -0.0992. The van der Waals surface area contributed by atoms with E-state index in [1.165, 1.54) is 0 Å². The minimum Gasteiger partial charge on any atom is -0.399 e. The Hall–Kier alpha value is -2.18. The largest absolute Gasteiger partial charge is 0.495 e. The first-order valence-corrected chi connectivity index (χ1v) is 8.84. The third kappa shape index (κ3) is 3.66. The highest BCUT2D eigenvalue weighted by atomic mass is 16.7. The minimum absolute atomic E-state index is 0.0992. The van der Waals surface area contributed by atoms with Crippen LogP contribution in [-0.4, -0.2) is 29.2 Å². The van der Waals surface area contributed by atoms with Gasteiger partial charge in [-0.25, -0.2) is 0 Å². The second-order valence-electron chi connectivity index (χ2n) is 7.65. The van der Waals surface area contributed by atoms with Crippen molar-refractivity contribution < 1.29 is 14.1 Å². The molecule has 0 unspecified atom stereocenters. The third-order valence-electron chi connectivity index (χ3n) is 5.22. The van der Waals surface area contributed by atoms with Gasteiger partial charge < -0.3 is 14.6 Å². The number of pyridine rings is 1. The number of rotatable bonds is 4. The molecule has 1 saturated heterocycles. The molecule has 1 N–H and O–H groups in total. The molecular formula is C20H25BN2O3. The zero-order chi connectivity index (χ0) is 18.9. The van der Waals surface area contributed by atoms with E-state index < -0.39 is 18.3 Å². The number of hydrogen-bond donors (Lipinski definition) is 1. The van der Waals surface area contributed by atoms with Gasteiger partial charge in [-0.1, -0.05) is 18.2 Å². The Bertz CT molecular complexity index is 790. The van der Waals surface area contributed by atoms with Crippen molar-refractivity contribution in [2.75, 3.05) is 5.32 Å². The smallest absolute Gasteiger partial charge is 0.399 e. The first kappa shape index (κ1) is 18.6. The summed E-state index contributed by atoms with van der Waals surface area (Å²) < 4.78 is 12.3. The quantitative estimate of drug-likeness (QED) is 0.860. The zero-order valence-corrected chi connectivity index (χ0v) is 16.0. The molecule has 2 heterocycles. The molecule has 3 rings (SSSR count). The van der Waals surface area contributed by atoms with E-state index in [1.54, 1.807) is 6.20 Å². The molecule has 136 valence electrons. The van der Waals surface area contributed by atoms with Crippen LogP contribution in [-0.2, 0) is 20.5 Å². The van der Waals surface area contributed by atoms with E-state index in [0.717, 1.165) is 22.4 Å². The lowest BCUT2D eigenvalue weighted by Gasteiger charge is -2.32. The van der Waals surface area contributed by atoms with Crippen molar-refractivity contribution in [3.8, 4) is 0 Å². The molecule has 1 aliphatic rings. The third-order valence-corrected chi connectivity index (χ3v) is 5.22. The van der Waals surface area contributed by atoms with E-state index in [9.17, 15) is 4.79 Å². The van der Waals surface area contributed by atoms with Crippen LogP contribution in [0.3, 0.4) is 0 Å². The molecular weight excluding hydrogens is 327 g/mol. The van der Waals surface area contributed by atoms with E-state index in [0.29, 0.717) is 0 Å². The fourth-order valence-electron chi connectivity index (χ4n) is 2.88. The maximum atomic E-state index is 12.4. The van der Waals surface area contributed by atoms with Crippen LogP contribution in [0.25, 0.3) is 0 Å². The zero-order valence-electron chi connectivity index (χ0n) is 16.0. The molecule has 1 aromatic carbocycles. The Morgan fingerprint density at radius 3 is 2.38 bits per heavy atom. The van der Waals surface area contributed by atoms with Crippen molar-refractivity contribution in [2.45, 2.75) is 52.2 Å². The van der Waals surface area contributed by atoms with Crippen LogP contribution in [0.1, 0.15) is 39.0 Å². The Morgan fingerprint density at radius 2 is 1.77 bits per heavy atom. The highest BCUT2D eigenvalue weighted by Crippen LogP contribution is 2.37. The predicted molar refractivity (Wildman–Crippen MR) is 103 cm³/mol. The SMILES string of the molecule is Cc1c(NC(=O)Cc2ccccn2)cccc1B1OC(C)(C)C(C)(C)O1.